The normalized spacial score (nSPS) is 10.1. The summed E-state index contributed by atoms with van der Waals surface area (Å²) < 4.78 is 4.95. The largest absolute Gasteiger partial charge is 0.461 e. The van der Waals surface area contributed by atoms with E-state index in [2.05, 4.69) is 4.98 Å². The number of nitrogens with one attached hydrogen (secondary N) is 1. The number of nitrogens with zero attached hydrogens (tertiary/aromatic N) is 1. The van der Waals surface area contributed by atoms with Gasteiger partial charge < -0.3 is 9.72 Å². The third kappa shape index (κ3) is 3.16. The van der Waals surface area contributed by atoms with Gasteiger partial charge in [0.05, 0.1) is 12.3 Å². The van der Waals surface area contributed by atoms with Crippen molar-refractivity contribution in [3.63, 3.8) is 0 Å². The molecule has 0 aliphatic carbocycles. The van der Waals surface area contributed by atoms with Crippen LogP contribution in [-0.4, -0.2) is 17.6 Å². The lowest BCUT2D eigenvalue weighted by atomic mass is 10.2. The van der Waals surface area contributed by atoms with Crippen molar-refractivity contribution in [2.45, 2.75) is 11.8 Å². The van der Waals surface area contributed by atoms with Crippen molar-refractivity contribution in [1.29, 1.82) is 5.26 Å². The second-order valence-corrected chi connectivity index (χ2v) is 5.11. The summed E-state index contributed by atoms with van der Waals surface area (Å²) in [5.74, 6) is -0.437. The SMILES string of the molecule is CCOC(=O)c1cc(SC#N)c(-c2ccc(Cl)cc2)[nH]1. The third-order valence-corrected chi connectivity index (χ3v) is 3.45. The van der Waals surface area contributed by atoms with Gasteiger partial charge in [-0.05, 0) is 42.4 Å². The Morgan fingerprint density at radius 2 is 2.15 bits per heavy atom. The fraction of sp³-hybridized carbons (Fsp3) is 0.143. The minimum absolute atomic E-state index is 0.300. The quantitative estimate of drug-likeness (QED) is 0.525. The number of aromatic amines is 1. The topological polar surface area (TPSA) is 65.9 Å². The van der Waals surface area contributed by atoms with Gasteiger partial charge in [-0.15, -0.1) is 0 Å². The minimum atomic E-state index is -0.437. The lowest BCUT2D eigenvalue weighted by Gasteiger charge is -2.01. The molecule has 102 valence electrons. The van der Waals surface area contributed by atoms with Crippen molar-refractivity contribution in [2.75, 3.05) is 6.61 Å². The molecule has 0 fully saturated rings. The van der Waals surface area contributed by atoms with Crippen molar-refractivity contribution in [3.8, 4) is 16.7 Å². The Morgan fingerprint density at radius 3 is 2.75 bits per heavy atom. The number of halogens is 1. The molecule has 20 heavy (non-hydrogen) atoms. The van der Waals surface area contributed by atoms with E-state index in [9.17, 15) is 4.79 Å². The van der Waals surface area contributed by atoms with Gasteiger partial charge in [0.25, 0.3) is 0 Å². The number of benzene rings is 1. The van der Waals surface area contributed by atoms with Crippen LogP contribution in [0, 0.1) is 10.7 Å². The number of carbonyl (C=O) groups is 1. The van der Waals surface area contributed by atoms with Gasteiger partial charge in [-0.3, -0.25) is 0 Å². The maximum absolute atomic E-state index is 11.7. The van der Waals surface area contributed by atoms with E-state index in [-0.39, 0.29) is 0 Å². The van der Waals surface area contributed by atoms with Crippen LogP contribution in [0.15, 0.2) is 35.2 Å². The first-order valence-corrected chi connectivity index (χ1v) is 7.07. The van der Waals surface area contributed by atoms with E-state index in [1.165, 1.54) is 0 Å². The average Bonchev–Trinajstić information content (AvgIpc) is 2.84. The summed E-state index contributed by atoms with van der Waals surface area (Å²) in [6, 6.07) is 8.77. The maximum Gasteiger partial charge on any atom is 0.354 e. The van der Waals surface area contributed by atoms with Crippen molar-refractivity contribution in [1.82, 2.24) is 4.98 Å². The summed E-state index contributed by atoms with van der Waals surface area (Å²) in [4.78, 5) is 15.4. The van der Waals surface area contributed by atoms with Gasteiger partial charge in [0, 0.05) is 9.92 Å². The van der Waals surface area contributed by atoms with E-state index in [0.29, 0.717) is 27.9 Å². The maximum atomic E-state index is 11.7. The molecule has 2 rings (SSSR count). The monoisotopic (exact) mass is 306 g/mol. The molecule has 2 aromatic rings. The molecular weight excluding hydrogens is 296 g/mol. The Labute approximate surface area is 125 Å². The highest BCUT2D eigenvalue weighted by Gasteiger charge is 2.16. The number of nitriles is 1. The van der Waals surface area contributed by atoms with Crippen LogP contribution in [0.3, 0.4) is 0 Å². The van der Waals surface area contributed by atoms with E-state index in [1.807, 2.05) is 17.5 Å². The van der Waals surface area contributed by atoms with Crippen LogP contribution < -0.4 is 0 Å². The van der Waals surface area contributed by atoms with Crippen LogP contribution in [0.5, 0.6) is 0 Å². The van der Waals surface area contributed by atoms with E-state index in [4.69, 9.17) is 21.6 Å². The molecule has 0 amide bonds. The van der Waals surface area contributed by atoms with Crippen LogP contribution in [-0.2, 0) is 4.74 Å². The molecular formula is C14H11ClN2O2S. The lowest BCUT2D eigenvalue weighted by molar-refractivity contribution is 0.0520. The van der Waals surface area contributed by atoms with Gasteiger partial charge in [-0.25, -0.2) is 4.79 Å². The van der Waals surface area contributed by atoms with Crippen LogP contribution in [0.1, 0.15) is 17.4 Å². The molecule has 1 heterocycles. The van der Waals surface area contributed by atoms with Crippen LogP contribution >= 0.6 is 23.4 Å². The number of hydrogen-bond donors (Lipinski definition) is 1. The standard InChI is InChI=1S/C14H11ClN2O2S/c1-2-19-14(18)11-7-12(20-8-16)13(17-11)9-3-5-10(15)6-4-9/h3-7,17H,2H2,1H3. The number of rotatable bonds is 4. The second-order valence-electron chi connectivity index (χ2n) is 3.84. The average molecular weight is 307 g/mol. The molecule has 0 atom stereocenters. The molecule has 0 saturated heterocycles. The highest BCUT2D eigenvalue weighted by atomic mass is 35.5. The molecule has 0 spiro atoms. The van der Waals surface area contributed by atoms with E-state index in [1.54, 1.807) is 25.1 Å². The zero-order valence-electron chi connectivity index (χ0n) is 10.6. The Balaban J connectivity index is 2.43. The molecule has 1 aromatic heterocycles. The number of thioether (sulfide) groups is 1. The summed E-state index contributed by atoms with van der Waals surface area (Å²) in [6.45, 7) is 2.04. The zero-order chi connectivity index (χ0) is 14.5. The van der Waals surface area contributed by atoms with Crippen LogP contribution in [0.4, 0.5) is 0 Å². The summed E-state index contributed by atoms with van der Waals surface area (Å²) in [5, 5.41) is 11.5. The molecule has 0 aliphatic rings. The number of hydrogen-bond acceptors (Lipinski definition) is 4. The van der Waals surface area contributed by atoms with Crippen molar-refractivity contribution < 1.29 is 9.53 Å². The molecule has 0 bridgehead atoms. The minimum Gasteiger partial charge on any atom is -0.461 e. The molecule has 0 unspecified atom stereocenters. The summed E-state index contributed by atoms with van der Waals surface area (Å²) in [7, 11) is 0. The molecule has 0 aliphatic heterocycles. The third-order valence-electron chi connectivity index (χ3n) is 2.57. The van der Waals surface area contributed by atoms with Crippen molar-refractivity contribution in [3.05, 3.63) is 41.0 Å². The first-order chi connectivity index (χ1) is 9.65. The van der Waals surface area contributed by atoms with Crippen LogP contribution in [0.25, 0.3) is 11.3 Å². The molecule has 1 aromatic carbocycles. The number of H-pyrrole nitrogens is 1. The van der Waals surface area contributed by atoms with Crippen molar-refractivity contribution >= 4 is 29.3 Å². The highest BCUT2D eigenvalue weighted by Crippen LogP contribution is 2.32. The number of ether oxygens (including phenoxy) is 1. The Hall–Kier alpha value is -1.90. The van der Waals surface area contributed by atoms with E-state index >= 15 is 0 Å². The summed E-state index contributed by atoms with van der Waals surface area (Å²) in [5.41, 5.74) is 1.88. The van der Waals surface area contributed by atoms with E-state index in [0.717, 1.165) is 17.3 Å². The predicted molar refractivity (Wildman–Crippen MR) is 78.7 cm³/mol. The lowest BCUT2D eigenvalue weighted by Crippen LogP contribution is -2.04. The van der Waals surface area contributed by atoms with Gasteiger partial charge >= 0.3 is 5.97 Å². The fourth-order valence-corrected chi connectivity index (χ4v) is 2.39. The van der Waals surface area contributed by atoms with Gasteiger partial charge in [-0.2, -0.15) is 5.26 Å². The predicted octanol–water partition coefficient (Wildman–Crippen LogP) is 4.08. The van der Waals surface area contributed by atoms with Crippen molar-refractivity contribution in [2.24, 2.45) is 0 Å². The molecule has 1 N–H and O–H groups in total. The molecule has 0 saturated carbocycles. The fourth-order valence-electron chi connectivity index (χ4n) is 1.72. The first-order valence-electron chi connectivity index (χ1n) is 5.87. The number of esters is 1. The molecule has 0 radical (unpaired) electrons. The molecule has 4 nitrogen and oxygen atoms in total. The molecule has 6 heteroatoms. The van der Waals surface area contributed by atoms with Crippen LogP contribution in [0.2, 0.25) is 5.02 Å². The number of thiocyanates is 1. The number of carbonyl (C=O) groups excluding carboxylic acids is 1. The number of aromatic nitrogens is 1. The first kappa shape index (κ1) is 14.5. The highest BCUT2D eigenvalue weighted by molar-refractivity contribution is 8.03. The summed E-state index contributed by atoms with van der Waals surface area (Å²) in [6.07, 6.45) is 0. The van der Waals surface area contributed by atoms with Gasteiger partial charge in [-0.1, -0.05) is 23.7 Å². The Kier molecular flexibility index (Phi) is 4.72. The Bertz CT molecular complexity index is 659. The Morgan fingerprint density at radius 1 is 1.45 bits per heavy atom. The van der Waals surface area contributed by atoms with Gasteiger partial charge in [0.2, 0.25) is 0 Å². The zero-order valence-corrected chi connectivity index (χ0v) is 12.2. The van der Waals surface area contributed by atoms with Gasteiger partial charge in [0.1, 0.15) is 11.1 Å². The van der Waals surface area contributed by atoms with Gasteiger partial charge in [0.15, 0.2) is 0 Å². The smallest absolute Gasteiger partial charge is 0.354 e. The summed E-state index contributed by atoms with van der Waals surface area (Å²) >= 11 is 6.85. The second kappa shape index (κ2) is 6.51. The van der Waals surface area contributed by atoms with E-state index < -0.39 is 5.97 Å².